The Morgan fingerprint density at radius 3 is 2.47 bits per heavy atom. The van der Waals surface area contributed by atoms with E-state index in [4.69, 9.17) is 0 Å². The first kappa shape index (κ1) is 26.2. The minimum atomic E-state index is -5.12. The Kier molecular flexibility index (Phi) is 7.73. The van der Waals surface area contributed by atoms with Gasteiger partial charge in [-0.2, -0.15) is 26.3 Å². The van der Waals surface area contributed by atoms with Crippen LogP contribution in [-0.4, -0.2) is 50.3 Å². The summed E-state index contributed by atoms with van der Waals surface area (Å²) in [5.74, 6) is -1.09. The third-order valence-electron chi connectivity index (χ3n) is 5.53. The molecule has 1 amide bonds. The molecule has 2 aromatic rings. The molecule has 0 spiro atoms. The summed E-state index contributed by atoms with van der Waals surface area (Å²) in [7, 11) is 0. The quantitative estimate of drug-likeness (QED) is 0.404. The fourth-order valence-corrected chi connectivity index (χ4v) is 5.10. The molecule has 1 aromatic carbocycles. The number of piperidine rings is 1. The zero-order chi connectivity index (χ0) is 25.3. The number of imidazole rings is 1. The Labute approximate surface area is 195 Å². The highest BCUT2D eigenvalue weighted by Crippen LogP contribution is 2.41. The molecule has 1 fully saturated rings. The Morgan fingerprint density at radius 1 is 1.18 bits per heavy atom. The Bertz CT molecular complexity index is 1070. The molecule has 34 heavy (non-hydrogen) atoms. The molecule has 2 heterocycles. The van der Waals surface area contributed by atoms with Crippen LogP contribution in [0, 0.1) is 5.92 Å². The Morgan fingerprint density at radius 2 is 1.88 bits per heavy atom. The average Bonchev–Trinajstić information content (AvgIpc) is 3.07. The third-order valence-corrected chi connectivity index (χ3v) is 6.74. The van der Waals surface area contributed by atoms with Gasteiger partial charge in [0.1, 0.15) is 12.1 Å². The number of benzene rings is 1. The molecule has 1 saturated heterocycles. The van der Waals surface area contributed by atoms with Crippen molar-refractivity contribution in [2.45, 2.75) is 56.7 Å². The van der Waals surface area contributed by atoms with Gasteiger partial charge in [-0.15, -0.1) is 0 Å². The summed E-state index contributed by atoms with van der Waals surface area (Å²) < 4.78 is 81.4. The number of carbonyl (C=O) groups is 2. The largest absolute Gasteiger partial charge is 0.480 e. The first-order valence-corrected chi connectivity index (χ1v) is 11.6. The van der Waals surface area contributed by atoms with Crippen molar-refractivity contribution in [2.75, 3.05) is 18.8 Å². The number of carboxylic acids is 1. The second-order valence-electron chi connectivity index (χ2n) is 8.17. The van der Waals surface area contributed by atoms with Crippen molar-refractivity contribution < 1.29 is 41.0 Å². The van der Waals surface area contributed by atoms with Crippen LogP contribution in [0.15, 0.2) is 17.3 Å². The SMILES string of the molecule is CCCC(=O)N1CCCC(CSc2nc3c(C(F)(F)F)cc(C(F)(F)F)cc3n2CC(=O)O)C1. The van der Waals surface area contributed by atoms with Crippen molar-refractivity contribution in [2.24, 2.45) is 5.92 Å². The van der Waals surface area contributed by atoms with E-state index in [2.05, 4.69) is 4.98 Å². The van der Waals surface area contributed by atoms with E-state index in [0.717, 1.165) is 29.2 Å². The normalized spacial score (nSPS) is 17.4. The van der Waals surface area contributed by atoms with Gasteiger partial charge in [0.05, 0.1) is 16.6 Å². The lowest BCUT2D eigenvalue weighted by Crippen LogP contribution is -2.40. The number of hydrogen-bond acceptors (Lipinski definition) is 4. The van der Waals surface area contributed by atoms with Crippen molar-refractivity contribution >= 4 is 34.7 Å². The summed E-state index contributed by atoms with van der Waals surface area (Å²) in [5.41, 5.74) is -4.38. The highest BCUT2D eigenvalue weighted by atomic mass is 32.2. The van der Waals surface area contributed by atoms with E-state index in [9.17, 15) is 41.0 Å². The van der Waals surface area contributed by atoms with E-state index in [1.165, 1.54) is 0 Å². The van der Waals surface area contributed by atoms with Crippen molar-refractivity contribution in [3.8, 4) is 0 Å². The molecular formula is C21H23F6N3O3S. The van der Waals surface area contributed by atoms with Gasteiger partial charge >= 0.3 is 18.3 Å². The topological polar surface area (TPSA) is 75.4 Å². The molecule has 0 saturated carbocycles. The van der Waals surface area contributed by atoms with Gasteiger partial charge in [-0.3, -0.25) is 9.59 Å². The lowest BCUT2D eigenvalue weighted by Gasteiger charge is -2.32. The fourth-order valence-electron chi connectivity index (χ4n) is 3.97. The molecule has 1 atom stereocenters. The summed E-state index contributed by atoms with van der Waals surface area (Å²) in [4.78, 5) is 29.2. The van der Waals surface area contributed by atoms with E-state index in [1.54, 1.807) is 4.90 Å². The molecule has 3 rings (SSSR count). The number of aliphatic carboxylic acids is 1. The molecule has 1 aromatic heterocycles. The number of halogens is 6. The van der Waals surface area contributed by atoms with Crippen LogP contribution < -0.4 is 0 Å². The number of aromatic nitrogens is 2. The minimum Gasteiger partial charge on any atom is -0.480 e. The molecule has 1 unspecified atom stereocenters. The summed E-state index contributed by atoms with van der Waals surface area (Å²) in [6, 6.07) is 0.490. The van der Waals surface area contributed by atoms with Crippen molar-refractivity contribution in [3.63, 3.8) is 0 Å². The molecule has 1 aliphatic heterocycles. The molecule has 0 aliphatic carbocycles. The van der Waals surface area contributed by atoms with E-state index in [1.807, 2.05) is 6.92 Å². The summed E-state index contributed by atoms with van der Waals surface area (Å²) in [5, 5.41) is 9.13. The number of thioether (sulfide) groups is 1. The number of likely N-dealkylation sites (tertiary alicyclic amines) is 1. The maximum Gasteiger partial charge on any atom is 0.418 e. The molecule has 13 heteroatoms. The van der Waals surface area contributed by atoms with Crippen molar-refractivity contribution in [3.05, 3.63) is 23.3 Å². The number of fused-ring (bicyclic) bond motifs is 1. The van der Waals surface area contributed by atoms with Crippen LogP contribution in [0.5, 0.6) is 0 Å². The molecule has 188 valence electrons. The van der Waals surface area contributed by atoms with Crippen LogP contribution in [0.2, 0.25) is 0 Å². The summed E-state index contributed by atoms with van der Waals surface area (Å²) >= 11 is 0.983. The molecule has 1 aliphatic rings. The molecular weight excluding hydrogens is 488 g/mol. The smallest absolute Gasteiger partial charge is 0.418 e. The van der Waals surface area contributed by atoms with Gasteiger partial charge in [-0.25, -0.2) is 4.98 Å². The van der Waals surface area contributed by atoms with Gasteiger partial charge in [-0.05, 0) is 37.3 Å². The number of rotatable bonds is 7. The van der Waals surface area contributed by atoms with Crippen LogP contribution in [0.3, 0.4) is 0 Å². The highest BCUT2D eigenvalue weighted by molar-refractivity contribution is 7.99. The molecule has 6 nitrogen and oxygen atoms in total. The predicted molar refractivity (Wildman–Crippen MR) is 112 cm³/mol. The number of nitrogens with zero attached hydrogens (tertiary/aromatic N) is 3. The van der Waals surface area contributed by atoms with Gasteiger partial charge in [0.15, 0.2) is 5.16 Å². The maximum atomic E-state index is 13.6. The predicted octanol–water partition coefficient (Wildman–Crippen LogP) is 5.29. The first-order valence-electron chi connectivity index (χ1n) is 10.6. The van der Waals surface area contributed by atoms with Gasteiger partial charge in [0, 0.05) is 25.3 Å². The van der Waals surface area contributed by atoms with Crippen molar-refractivity contribution in [1.82, 2.24) is 14.5 Å². The molecule has 0 bridgehead atoms. The van der Waals surface area contributed by atoms with Crippen LogP contribution in [0.1, 0.15) is 43.7 Å². The molecule has 1 N–H and O–H groups in total. The average molecular weight is 511 g/mol. The van der Waals surface area contributed by atoms with E-state index in [0.29, 0.717) is 37.8 Å². The van der Waals surface area contributed by atoms with E-state index in [-0.39, 0.29) is 23.0 Å². The minimum absolute atomic E-state index is 0.00670. The number of carbonyl (C=O) groups excluding carboxylic acids is 1. The van der Waals surface area contributed by atoms with Crippen LogP contribution in [0.25, 0.3) is 11.0 Å². The van der Waals surface area contributed by atoms with Gasteiger partial charge in [-0.1, -0.05) is 18.7 Å². The van der Waals surface area contributed by atoms with Crippen LogP contribution in [-0.2, 0) is 28.5 Å². The monoisotopic (exact) mass is 511 g/mol. The number of hydrogen-bond donors (Lipinski definition) is 1. The third kappa shape index (κ3) is 5.97. The van der Waals surface area contributed by atoms with Crippen molar-refractivity contribution in [1.29, 1.82) is 0 Å². The summed E-state index contributed by atoms with van der Waals surface area (Å²) in [6.45, 7) is 2.12. The maximum absolute atomic E-state index is 13.6. The van der Waals surface area contributed by atoms with Gasteiger partial charge in [0.25, 0.3) is 0 Å². The van der Waals surface area contributed by atoms with Crippen LogP contribution in [0.4, 0.5) is 26.3 Å². The highest BCUT2D eigenvalue weighted by Gasteiger charge is 2.40. The number of carboxylic acid groups (broad SMARTS) is 1. The van der Waals surface area contributed by atoms with E-state index < -0.39 is 47.0 Å². The Hall–Kier alpha value is -2.44. The number of alkyl halides is 6. The second-order valence-corrected chi connectivity index (χ2v) is 9.16. The van der Waals surface area contributed by atoms with Gasteiger partial charge in [0.2, 0.25) is 5.91 Å². The molecule has 0 radical (unpaired) electrons. The number of amides is 1. The first-order chi connectivity index (χ1) is 15.8. The summed E-state index contributed by atoms with van der Waals surface area (Å²) in [6.07, 6.45) is -7.55. The lowest BCUT2D eigenvalue weighted by atomic mass is 10.00. The van der Waals surface area contributed by atoms with Gasteiger partial charge < -0.3 is 14.6 Å². The van der Waals surface area contributed by atoms with E-state index >= 15 is 0 Å². The lowest BCUT2D eigenvalue weighted by molar-refractivity contribution is -0.142. The van der Waals surface area contributed by atoms with Crippen LogP contribution >= 0.6 is 11.8 Å². The Balaban J connectivity index is 1.97. The standard InChI is InChI=1S/C21H23F6N3O3S/c1-2-4-16(31)29-6-3-5-12(9-29)11-34-19-28-18-14(21(25,26)27)7-13(20(22,23)24)8-15(18)30(19)10-17(32)33/h7-8,12H,2-6,9-11H2,1H3,(H,32,33). The fraction of sp³-hybridized carbons (Fsp3) is 0.571. The zero-order valence-corrected chi connectivity index (χ0v) is 19.0. The zero-order valence-electron chi connectivity index (χ0n) is 18.2. The second kappa shape index (κ2) is 10.0.